The second-order valence-corrected chi connectivity index (χ2v) is 5.72. The summed E-state index contributed by atoms with van der Waals surface area (Å²) in [6.45, 7) is 11.0. The molecule has 0 bridgehead atoms. The van der Waals surface area contributed by atoms with E-state index in [1.807, 2.05) is 13.0 Å². The van der Waals surface area contributed by atoms with Crippen LogP contribution in [0.1, 0.15) is 30.5 Å². The lowest BCUT2D eigenvalue weighted by Crippen LogP contribution is -2.23. The molecular weight excluding hydrogens is 278 g/mol. The van der Waals surface area contributed by atoms with E-state index in [2.05, 4.69) is 25.7 Å². The van der Waals surface area contributed by atoms with Crippen LogP contribution in [0.2, 0.25) is 0 Å². The molecule has 0 spiro atoms. The Morgan fingerprint density at radius 2 is 1.77 bits per heavy atom. The molecule has 0 aliphatic carbocycles. The SMILES string of the molecule is CCN(CC)Cc1cc(=O)oc2cc3occ(C)c3c(C)c12. The van der Waals surface area contributed by atoms with Crippen LogP contribution in [0.5, 0.6) is 0 Å². The van der Waals surface area contributed by atoms with Crippen molar-refractivity contribution < 1.29 is 8.83 Å². The van der Waals surface area contributed by atoms with Crippen molar-refractivity contribution in [2.24, 2.45) is 0 Å². The molecule has 3 rings (SSSR count). The van der Waals surface area contributed by atoms with E-state index in [0.717, 1.165) is 52.7 Å². The third-order valence-electron chi connectivity index (χ3n) is 4.37. The summed E-state index contributed by atoms with van der Waals surface area (Å²) in [6.07, 6.45) is 1.75. The zero-order chi connectivity index (χ0) is 15.9. The lowest BCUT2D eigenvalue weighted by atomic mass is 9.99. The van der Waals surface area contributed by atoms with E-state index in [1.165, 1.54) is 0 Å². The molecule has 116 valence electrons. The molecular formula is C18H21NO3. The van der Waals surface area contributed by atoms with Crippen molar-refractivity contribution in [1.29, 1.82) is 0 Å². The Hall–Kier alpha value is -2.07. The van der Waals surface area contributed by atoms with Gasteiger partial charge in [0.25, 0.3) is 0 Å². The predicted octanol–water partition coefficient (Wildman–Crippen LogP) is 4.00. The Morgan fingerprint density at radius 1 is 1.05 bits per heavy atom. The summed E-state index contributed by atoms with van der Waals surface area (Å²) in [7, 11) is 0. The molecule has 0 atom stereocenters. The minimum Gasteiger partial charge on any atom is -0.464 e. The summed E-state index contributed by atoms with van der Waals surface area (Å²) in [4.78, 5) is 14.2. The highest BCUT2D eigenvalue weighted by Crippen LogP contribution is 2.32. The molecule has 4 heteroatoms. The first-order valence-electron chi connectivity index (χ1n) is 7.71. The molecule has 4 nitrogen and oxygen atoms in total. The van der Waals surface area contributed by atoms with Gasteiger partial charge in [-0.2, -0.15) is 0 Å². The normalized spacial score (nSPS) is 11.9. The largest absolute Gasteiger partial charge is 0.464 e. The molecule has 1 aromatic carbocycles. The van der Waals surface area contributed by atoms with Gasteiger partial charge in [-0.05, 0) is 43.6 Å². The van der Waals surface area contributed by atoms with Crippen LogP contribution in [0.15, 0.2) is 32.0 Å². The molecule has 2 aromatic heterocycles. The monoisotopic (exact) mass is 299 g/mol. The highest BCUT2D eigenvalue weighted by atomic mass is 16.4. The van der Waals surface area contributed by atoms with Crippen LogP contribution < -0.4 is 5.63 Å². The van der Waals surface area contributed by atoms with Crippen molar-refractivity contribution in [1.82, 2.24) is 4.90 Å². The smallest absolute Gasteiger partial charge is 0.336 e. The van der Waals surface area contributed by atoms with Gasteiger partial charge in [0.1, 0.15) is 11.2 Å². The van der Waals surface area contributed by atoms with Crippen LogP contribution in [-0.2, 0) is 6.54 Å². The van der Waals surface area contributed by atoms with Crippen LogP contribution in [0.4, 0.5) is 0 Å². The van der Waals surface area contributed by atoms with Gasteiger partial charge in [0.15, 0.2) is 0 Å². The first-order chi connectivity index (χ1) is 10.5. The van der Waals surface area contributed by atoms with Crippen LogP contribution >= 0.6 is 0 Å². The molecule has 0 fully saturated rings. The van der Waals surface area contributed by atoms with Gasteiger partial charge in [-0.1, -0.05) is 13.8 Å². The average Bonchev–Trinajstić information content (AvgIpc) is 2.85. The van der Waals surface area contributed by atoms with E-state index in [1.54, 1.807) is 12.3 Å². The van der Waals surface area contributed by atoms with Gasteiger partial charge in [0.05, 0.1) is 6.26 Å². The Morgan fingerprint density at radius 3 is 2.45 bits per heavy atom. The van der Waals surface area contributed by atoms with E-state index in [4.69, 9.17) is 8.83 Å². The second kappa shape index (κ2) is 5.61. The summed E-state index contributed by atoms with van der Waals surface area (Å²) >= 11 is 0. The van der Waals surface area contributed by atoms with Crippen molar-refractivity contribution in [2.45, 2.75) is 34.2 Å². The lowest BCUT2D eigenvalue weighted by Gasteiger charge is -2.19. The van der Waals surface area contributed by atoms with Crippen molar-refractivity contribution in [3.8, 4) is 0 Å². The van der Waals surface area contributed by atoms with E-state index < -0.39 is 0 Å². The summed E-state index contributed by atoms with van der Waals surface area (Å²) < 4.78 is 11.0. The van der Waals surface area contributed by atoms with Crippen LogP contribution in [0.3, 0.4) is 0 Å². The Bertz CT molecular complexity index is 885. The molecule has 0 aliphatic heterocycles. The zero-order valence-corrected chi connectivity index (χ0v) is 13.5. The molecule has 0 saturated heterocycles. The maximum Gasteiger partial charge on any atom is 0.336 e. The standard InChI is InChI=1S/C18H21NO3/c1-5-19(6-2)9-13-7-16(20)22-15-8-14-17(11(3)10-21-14)12(4)18(13)15/h7-8,10H,5-6,9H2,1-4H3. The number of rotatable bonds is 4. The van der Waals surface area contributed by atoms with E-state index in [9.17, 15) is 4.79 Å². The number of fused-ring (bicyclic) bond motifs is 2. The molecule has 3 aromatic rings. The van der Waals surface area contributed by atoms with Crippen LogP contribution in [0, 0.1) is 13.8 Å². The number of benzene rings is 1. The number of hydrogen-bond donors (Lipinski definition) is 0. The predicted molar refractivity (Wildman–Crippen MR) is 88.4 cm³/mol. The first-order valence-corrected chi connectivity index (χ1v) is 7.71. The molecule has 0 unspecified atom stereocenters. The fraction of sp³-hybridized carbons (Fsp3) is 0.389. The number of furan rings is 1. The van der Waals surface area contributed by atoms with Crippen LogP contribution in [0.25, 0.3) is 21.9 Å². The first kappa shape index (κ1) is 14.9. The second-order valence-electron chi connectivity index (χ2n) is 5.72. The van der Waals surface area contributed by atoms with Gasteiger partial charge in [0, 0.05) is 29.4 Å². The van der Waals surface area contributed by atoms with Crippen molar-refractivity contribution in [3.63, 3.8) is 0 Å². The molecule has 22 heavy (non-hydrogen) atoms. The average molecular weight is 299 g/mol. The maximum atomic E-state index is 11.9. The fourth-order valence-electron chi connectivity index (χ4n) is 3.20. The van der Waals surface area contributed by atoms with Gasteiger partial charge >= 0.3 is 5.63 Å². The van der Waals surface area contributed by atoms with E-state index in [0.29, 0.717) is 5.58 Å². The summed E-state index contributed by atoms with van der Waals surface area (Å²) in [5.41, 5.74) is 4.31. The van der Waals surface area contributed by atoms with E-state index >= 15 is 0 Å². The zero-order valence-electron chi connectivity index (χ0n) is 13.5. The quantitative estimate of drug-likeness (QED) is 0.683. The summed E-state index contributed by atoms with van der Waals surface area (Å²) in [6, 6.07) is 3.45. The van der Waals surface area contributed by atoms with Gasteiger partial charge in [-0.3, -0.25) is 4.90 Å². The van der Waals surface area contributed by atoms with Crippen molar-refractivity contribution in [2.75, 3.05) is 13.1 Å². The minimum atomic E-state index is -0.309. The third kappa shape index (κ3) is 2.33. The Balaban J connectivity index is 2.33. The molecule has 0 radical (unpaired) electrons. The summed E-state index contributed by atoms with van der Waals surface area (Å²) in [5, 5.41) is 2.14. The Labute approximate surface area is 129 Å². The Kier molecular flexibility index (Phi) is 3.79. The molecule has 2 heterocycles. The molecule has 0 amide bonds. The maximum absolute atomic E-state index is 11.9. The van der Waals surface area contributed by atoms with Crippen molar-refractivity contribution >= 4 is 21.9 Å². The van der Waals surface area contributed by atoms with Gasteiger partial charge in [-0.15, -0.1) is 0 Å². The number of hydrogen-bond acceptors (Lipinski definition) is 4. The lowest BCUT2D eigenvalue weighted by molar-refractivity contribution is 0.296. The van der Waals surface area contributed by atoms with Gasteiger partial charge in [0.2, 0.25) is 0 Å². The highest BCUT2D eigenvalue weighted by Gasteiger charge is 2.16. The van der Waals surface area contributed by atoms with Crippen molar-refractivity contribution in [3.05, 3.63) is 45.5 Å². The topological polar surface area (TPSA) is 46.6 Å². The van der Waals surface area contributed by atoms with Gasteiger partial charge in [-0.25, -0.2) is 4.79 Å². The molecule has 0 aliphatic rings. The van der Waals surface area contributed by atoms with Crippen LogP contribution in [-0.4, -0.2) is 18.0 Å². The van der Waals surface area contributed by atoms with E-state index in [-0.39, 0.29) is 5.63 Å². The minimum absolute atomic E-state index is 0.309. The number of aryl methyl sites for hydroxylation is 2. The molecule has 0 N–H and O–H groups in total. The van der Waals surface area contributed by atoms with Gasteiger partial charge < -0.3 is 8.83 Å². The summed E-state index contributed by atoms with van der Waals surface area (Å²) in [5.74, 6) is 0. The molecule has 0 saturated carbocycles. The highest BCUT2D eigenvalue weighted by molar-refractivity contribution is 6.00. The fourth-order valence-corrected chi connectivity index (χ4v) is 3.20. The number of nitrogens with zero attached hydrogens (tertiary/aromatic N) is 1. The third-order valence-corrected chi connectivity index (χ3v) is 4.37.